The largest absolute Gasteiger partial charge is 0.320 e. The molecule has 8 heteroatoms. The van der Waals surface area contributed by atoms with E-state index in [9.17, 15) is 20.2 Å². The average Bonchev–Trinajstić information content (AvgIpc) is 2.56. The molecule has 0 unspecified atom stereocenters. The molecule has 0 fully saturated rings. The first-order valence-electron chi connectivity index (χ1n) is 6.54. The lowest BCUT2D eigenvalue weighted by Gasteiger charge is -2.07. The number of halogens is 2. The number of nitriles is 1. The Labute approximate surface area is 147 Å². The van der Waals surface area contributed by atoms with Gasteiger partial charge < -0.3 is 5.32 Å². The summed E-state index contributed by atoms with van der Waals surface area (Å²) in [7, 11) is 0. The highest BCUT2D eigenvalue weighted by Gasteiger charge is 2.16. The smallest absolute Gasteiger partial charge is 0.276 e. The average molecular weight is 362 g/mol. The summed E-state index contributed by atoms with van der Waals surface area (Å²) in [6.45, 7) is 0. The Morgan fingerprint density at radius 1 is 1.25 bits per heavy atom. The molecule has 0 aliphatic rings. The van der Waals surface area contributed by atoms with Gasteiger partial charge in [-0.25, -0.2) is 0 Å². The van der Waals surface area contributed by atoms with E-state index in [4.69, 9.17) is 23.2 Å². The van der Waals surface area contributed by atoms with E-state index < -0.39 is 10.8 Å². The Morgan fingerprint density at radius 2 is 1.96 bits per heavy atom. The second-order valence-electron chi connectivity index (χ2n) is 4.56. The molecule has 24 heavy (non-hydrogen) atoms. The Morgan fingerprint density at radius 3 is 2.62 bits per heavy atom. The fraction of sp³-hybridized carbons (Fsp3) is 0. The third-order valence-electron chi connectivity index (χ3n) is 2.97. The van der Waals surface area contributed by atoms with Crippen LogP contribution in [-0.4, -0.2) is 10.8 Å². The van der Waals surface area contributed by atoms with Gasteiger partial charge in [0, 0.05) is 11.1 Å². The maximum absolute atomic E-state index is 12.2. The third kappa shape index (κ3) is 4.10. The van der Waals surface area contributed by atoms with Crippen LogP contribution < -0.4 is 5.32 Å². The van der Waals surface area contributed by atoms with Crippen molar-refractivity contribution in [3.8, 4) is 6.07 Å². The van der Waals surface area contributed by atoms with E-state index in [2.05, 4.69) is 5.32 Å². The van der Waals surface area contributed by atoms with E-state index in [0.717, 1.165) is 6.08 Å². The molecule has 0 aromatic heterocycles. The lowest BCUT2D eigenvalue weighted by molar-refractivity contribution is -0.385. The summed E-state index contributed by atoms with van der Waals surface area (Å²) >= 11 is 11.8. The molecule has 2 aromatic carbocycles. The molecule has 0 spiro atoms. The molecular weight excluding hydrogens is 353 g/mol. The molecule has 2 rings (SSSR count). The van der Waals surface area contributed by atoms with Crippen molar-refractivity contribution in [1.82, 2.24) is 0 Å². The second-order valence-corrected chi connectivity index (χ2v) is 5.41. The van der Waals surface area contributed by atoms with E-state index in [-0.39, 0.29) is 27.5 Å². The summed E-state index contributed by atoms with van der Waals surface area (Å²) < 4.78 is 0. The standard InChI is InChI=1S/C16H9Cl2N3O3/c17-12-5-6-13(18)14(8-12)20-16(22)11(9-19)7-10-3-1-2-4-15(10)21(23)24/h1-8H,(H,20,22)/b11-7+. The highest BCUT2D eigenvalue weighted by atomic mass is 35.5. The number of para-hydroxylation sites is 1. The van der Waals surface area contributed by atoms with E-state index in [1.54, 1.807) is 18.2 Å². The number of nitro groups is 1. The van der Waals surface area contributed by atoms with Crippen LogP contribution in [0.5, 0.6) is 0 Å². The van der Waals surface area contributed by atoms with Crippen molar-refractivity contribution >= 4 is 46.6 Å². The number of rotatable bonds is 4. The predicted molar refractivity (Wildman–Crippen MR) is 91.8 cm³/mol. The van der Waals surface area contributed by atoms with Crippen LogP contribution in [0.1, 0.15) is 5.56 Å². The summed E-state index contributed by atoms with van der Waals surface area (Å²) in [4.78, 5) is 22.6. The maximum Gasteiger partial charge on any atom is 0.276 e. The lowest BCUT2D eigenvalue weighted by Crippen LogP contribution is -2.13. The summed E-state index contributed by atoms with van der Waals surface area (Å²) in [6, 6.07) is 12.0. The predicted octanol–water partition coefficient (Wildman–Crippen LogP) is 4.45. The molecule has 0 radical (unpaired) electrons. The molecule has 0 saturated heterocycles. The maximum atomic E-state index is 12.2. The fourth-order valence-electron chi connectivity index (χ4n) is 1.86. The molecule has 1 N–H and O–H groups in total. The quantitative estimate of drug-likeness (QED) is 0.376. The van der Waals surface area contributed by atoms with Gasteiger partial charge >= 0.3 is 0 Å². The number of hydrogen-bond donors (Lipinski definition) is 1. The van der Waals surface area contributed by atoms with Crippen LogP contribution in [0.2, 0.25) is 10.0 Å². The zero-order valence-corrected chi connectivity index (χ0v) is 13.5. The van der Waals surface area contributed by atoms with Crippen molar-refractivity contribution in [3.63, 3.8) is 0 Å². The summed E-state index contributed by atoms with van der Waals surface area (Å²) in [5.41, 5.74) is -0.136. The SMILES string of the molecule is N#C/C(=C\c1ccccc1[N+](=O)[O-])C(=O)Nc1cc(Cl)ccc1Cl. The molecular formula is C16H9Cl2N3O3. The minimum atomic E-state index is -0.750. The number of anilines is 1. The number of nitro benzene ring substituents is 1. The van der Waals surface area contributed by atoms with Crippen LogP contribution in [0.25, 0.3) is 6.08 Å². The molecule has 0 aliphatic carbocycles. The number of amides is 1. The highest BCUT2D eigenvalue weighted by Crippen LogP contribution is 2.26. The normalized spacial score (nSPS) is 10.8. The molecule has 0 heterocycles. The Hall–Kier alpha value is -2.88. The van der Waals surface area contributed by atoms with Gasteiger partial charge in [0.15, 0.2) is 0 Å². The van der Waals surface area contributed by atoms with Crippen molar-refractivity contribution in [2.75, 3.05) is 5.32 Å². The number of carbonyl (C=O) groups is 1. The summed E-state index contributed by atoms with van der Waals surface area (Å²) in [6.07, 6.45) is 1.14. The zero-order chi connectivity index (χ0) is 17.7. The Balaban J connectivity index is 2.35. The molecule has 0 aliphatic heterocycles. The number of nitrogens with one attached hydrogen (secondary N) is 1. The molecule has 1 amide bonds. The van der Waals surface area contributed by atoms with E-state index in [0.29, 0.717) is 5.02 Å². The lowest BCUT2D eigenvalue weighted by atomic mass is 10.1. The van der Waals surface area contributed by atoms with Crippen LogP contribution in [-0.2, 0) is 4.79 Å². The minimum absolute atomic E-state index is 0.145. The van der Waals surface area contributed by atoms with E-state index in [1.807, 2.05) is 0 Å². The number of nitrogens with zero attached hydrogens (tertiary/aromatic N) is 2. The van der Waals surface area contributed by atoms with Crippen LogP contribution in [0.15, 0.2) is 48.0 Å². The fourth-order valence-corrected chi connectivity index (χ4v) is 2.20. The zero-order valence-electron chi connectivity index (χ0n) is 12.0. The van der Waals surface area contributed by atoms with Crippen molar-refractivity contribution in [1.29, 1.82) is 5.26 Å². The molecule has 0 atom stereocenters. The van der Waals surface area contributed by atoms with Crippen LogP contribution in [0, 0.1) is 21.4 Å². The minimum Gasteiger partial charge on any atom is -0.320 e. The van der Waals surface area contributed by atoms with E-state index >= 15 is 0 Å². The first kappa shape index (κ1) is 17.5. The van der Waals surface area contributed by atoms with Gasteiger partial charge in [-0.15, -0.1) is 0 Å². The molecule has 6 nitrogen and oxygen atoms in total. The van der Waals surface area contributed by atoms with Gasteiger partial charge in [-0.05, 0) is 30.3 Å². The Kier molecular flexibility index (Phi) is 5.53. The van der Waals surface area contributed by atoms with Crippen molar-refractivity contribution < 1.29 is 9.72 Å². The second kappa shape index (κ2) is 7.59. The van der Waals surface area contributed by atoms with Crippen LogP contribution in [0.3, 0.4) is 0 Å². The van der Waals surface area contributed by atoms with E-state index in [1.165, 1.54) is 30.3 Å². The number of hydrogen-bond acceptors (Lipinski definition) is 4. The highest BCUT2D eigenvalue weighted by molar-refractivity contribution is 6.36. The topological polar surface area (TPSA) is 96.0 Å². The first-order chi connectivity index (χ1) is 11.4. The van der Waals surface area contributed by atoms with Gasteiger partial charge in [-0.1, -0.05) is 35.3 Å². The van der Waals surface area contributed by atoms with Gasteiger partial charge in [0.2, 0.25) is 0 Å². The van der Waals surface area contributed by atoms with Gasteiger partial charge in [0.25, 0.3) is 11.6 Å². The van der Waals surface area contributed by atoms with Gasteiger partial charge in [-0.2, -0.15) is 5.26 Å². The van der Waals surface area contributed by atoms with Gasteiger partial charge in [0.1, 0.15) is 11.6 Å². The van der Waals surface area contributed by atoms with Crippen molar-refractivity contribution in [2.24, 2.45) is 0 Å². The molecule has 0 saturated carbocycles. The number of carbonyl (C=O) groups excluding carboxylic acids is 1. The number of benzene rings is 2. The summed E-state index contributed by atoms with van der Waals surface area (Å²) in [5, 5.41) is 23.2. The molecule has 2 aromatic rings. The molecule has 0 bridgehead atoms. The van der Waals surface area contributed by atoms with Crippen LogP contribution in [0.4, 0.5) is 11.4 Å². The molecule has 120 valence electrons. The van der Waals surface area contributed by atoms with Crippen molar-refractivity contribution in [3.05, 3.63) is 73.8 Å². The summed E-state index contributed by atoms with van der Waals surface area (Å²) in [5.74, 6) is -0.750. The van der Waals surface area contributed by atoms with Crippen molar-refractivity contribution in [2.45, 2.75) is 0 Å². The van der Waals surface area contributed by atoms with Crippen LogP contribution >= 0.6 is 23.2 Å². The van der Waals surface area contributed by atoms with Gasteiger partial charge in [-0.3, -0.25) is 14.9 Å². The third-order valence-corrected chi connectivity index (χ3v) is 3.54. The monoisotopic (exact) mass is 361 g/mol. The Bertz CT molecular complexity index is 888. The van der Waals surface area contributed by atoms with Gasteiger partial charge in [0.05, 0.1) is 21.2 Å². The first-order valence-corrected chi connectivity index (χ1v) is 7.29.